The van der Waals surface area contributed by atoms with Gasteiger partial charge in [-0.3, -0.25) is 0 Å². The molecule has 0 aliphatic carbocycles. The van der Waals surface area contributed by atoms with Crippen LogP contribution in [0.2, 0.25) is 20.1 Å². The highest BCUT2D eigenvalue weighted by molar-refractivity contribution is 9.11. The van der Waals surface area contributed by atoms with E-state index in [9.17, 15) is 0 Å². The zero-order chi connectivity index (χ0) is 21.7. The van der Waals surface area contributed by atoms with Gasteiger partial charge >= 0.3 is 0 Å². The van der Waals surface area contributed by atoms with Gasteiger partial charge in [0.2, 0.25) is 0 Å². The smallest absolute Gasteiger partial charge is 0.148 e. The van der Waals surface area contributed by atoms with Gasteiger partial charge in [0, 0.05) is 31.2 Å². The van der Waals surface area contributed by atoms with Crippen LogP contribution in [0.5, 0.6) is 5.75 Å². The normalized spacial score (nSPS) is 11.1. The fraction of sp³-hybridized carbons (Fsp3) is 0.0952. The molecule has 9 heteroatoms. The van der Waals surface area contributed by atoms with Crippen molar-refractivity contribution in [2.75, 3.05) is 0 Å². The summed E-state index contributed by atoms with van der Waals surface area (Å²) in [5, 5.41) is 6.57. The lowest BCUT2D eigenvalue weighted by atomic mass is 10.2. The summed E-state index contributed by atoms with van der Waals surface area (Å²) in [7, 11) is 0. The maximum Gasteiger partial charge on any atom is 0.148 e. The molecule has 0 spiro atoms. The van der Waals surface area contributed by atoms with E-state index in [2.05, 4.69) is 42.4 Å². The average Bonchev–Trinajstić information content (AvgIpc) is 2.68. The van der Waals surface area contributed by atoms with E-state index in [1.165, 1.54) is 0 Å². The minimum Gasteiger partial charge on any atom is -0.486 e. The largest absolute Gasteiger partial charge is 0.486 e. The molecule has 0 saturated heterocycles. The van der Waals surface area contributed by atoms with Gasteiger partial charge in [-0.15, -0.1) is 0 Å². The molecular weight excluding hydrogens is 598 g/mol. The lowest BCUT2D eigenvalue weighted by Crippen LogP contribution is -2.06. The second-order valence-electron chi connectivity index (χ2n) is 6.13. The molecule has 0 unspecified atom stereocenters. The zero-order valence-electron chi connectivity index (χ0n) is 15.2. The molecule has 0 bridgehead atoms. The third kappa shape index (κ3) is 6.28. The Labute approximate surface area is 211 Å². The highest BCUT2D eigenvalue weighted by atomic mass is 79.9. The summed E-state index contributed by atoms with van der Waals surface area (Å²) in [6.07, 6.45) is 1.69. The van der Waals surface area contributed by atoms with Crippen LogP contribution >= 0.6 is 78.3 Å². The first-order valence-electron chi connectivity index (χ1n) is 8.59. The summed E-state index contributed by atoms with van der Waals surface area (Å²) < 4.78 is 7.48. The van der Waals surface area contributed by atoms with Crippen LogP contribution in [0.1, 0.15) is 16.7 Å². The second kappa shape index (κ2) is 11.1. The molecular formula is C21H14Br2Cl4N2O. The number of hydrazone groups is 1. The van der Waals surface area contributed by atoms with Crippen LogP contribution in [0.25, 0.3) is 0 Å². The number of nitrogens with one attached hydrogen (secondary N) is 1. The monoisotopic (exact) mass is 608 g/mol. The summed E-state index contributed by atoms with van der Waals surface area (Å²) in [5.74, 6) is 0.661. The van der Waals surface area contributed by atoms with Gasteiger partial charge in [-0.2, -0.15) is 5.10 Å². The Bertz CT molecular complexity index is 1050. The number of hydrogen-bond donors (Lipinski definition) is 1. The molecule has 0 radical (unpaired) electrons. The summed E-state index contributed by atoms with van der Waals surface area (Å²) >= 11 is 31.5. The van der Waals surface area contributed by atoms with E-state index < -0.39 is 0 Å². The van der Waals surface area contributed by atoms with Crippen molar-refractivity contribution in [1.29, 1.82) is 0 Å². The summed E-state index contributed by atoms with van der Waals surface area (Å²) in [6.45, 7) is 0.723. The van der Waals surface area contributed by atoms with E-state index in [-0.39, 0.29) is 0 Å². The number of halogens is 6. The number of benzene rings is 3. The molecule has 3 aromatic carbocycles. The lowest BCUT2D eigenvalue weighted by Gasteiger charge is -2.12. The quantitative estimate of drug-likeness (QED) is 0.215. The third-order valence-electron chi connectivity index (χ3n) is 4.03. The van der Waals surface area contributed by atoms with Crippen LogP contribution in [0.15, 0.2) is 62.6 Å². The Balaban J connectivity index is 1.64. The molecule has 3 aromatic rings. The van der Waals surface area contributed by atoms with Crippen LogP contribution in [0.4, 0.5) is 0 Å². The van der Waals surface area contributed by atoms with Crippen LogP contribution < -0.4 is 10.2 Å². The Hall–Kier alpha value is -0.950. The average molecular weight is 612 g/mol. The topological polar surface area (TPSA) is 33.6 Å². The minimum absolute atomic E-state index is 0.306. The van der Waals surface area contributed by atoms with Crippen molar-refractivity contribution in [3.05, 3.63) is 94.3 Å². The summed E-state index contributed by atoms with van der Waals surface area (Å²) in [4.78, 5) is 0. The first-order chi connectivity index (χ1) is 14.3. The molecule has 0 aliphatic rings. The minimum atomic E-state index is 0.306. The number of hydrogen-bond acceptors (Lipinski definition) is 3. The van der Waals surface area contributed by atoms with Gasteiger partial charge in [0.15, 0.2) is 0 Å². The molecule has 0 amide bonds. The van der Waals surface area contributed by atoms with Gasteiger partial charge in [-0.1, -0.05) is 58.5 Å². The second-order valence-corrected chi connectivity index (χ2v) is 9.50. The molecule has 0 aliphatic heterocycles. The fourth-order valence-corrected chi connectivity index (χ4v) is 4.97. The van der Waals surface area contributed by atoms with E-state index in [0.717, 1.165) is 25.6 Å². The SMILES string of the molecule is Clc1ccc(COc2c(Br)cc(/C=N/NCc3c(Cl)cccc3Cl)cc2Br)c(Cl)c1. The Morgan fingerprint density at radius 2 is 1.57 bits per heavy atom. The van der Waals surface area contributed by atoms with Crippen molar-refractivity contribution in [3.8, 4) is 5.75 Å². The number of nitrogens with zero attached hydrogens (tertiary/aromatic N) is 1. The van der Waals surface area contributed by atoms with E-state index in [1.54, 1.807) is 36.5 Å². The number of ether oxygens (including phenoxy) is 1. The van der Waals surface area contributed by atoms with Gasteiger partial charge in [0.05, 0.1) is 21.7 Å². The molecule has 0 saturated carbocycles. The number of rotatable bonds is 7. The Morgan fingerprint density at radius 3 is 2.20 bits per heavy atom. The Morgan fingerprint density at radius 1 is 0.900 bits per heavy atom. The van der Waals surface area contributed by atoms with Crippen molar-refractivity contribution in [3.63, 3.8) is 0 Å². The molecule has 3 rings (SSSR count). The molecule has 30 heavy (non-hydrogen) atoms. The molecule has 0 atom stereocenters. The molecule has 3 nitrogen and oxygen atoms in total. The van der Waals surface area contributed by atoms with Crippen LogP contribution in [-0.4, -0.2) is 6.21 Å². The standard InChI is InChI=1S/C21H14Br2Cl4N2O/c22-16-6-12(9-28-29-10-15-18(25)2-1-3-19(15)26)7-17(23)21(16)30-11-13-4-5-14(24)8-20(13)27/h1-9,29H,10-11H2/b28-9+. The summed E-state index contributed by atoms with van der Waals surface area (Å²) in [6, 6.07) is 14.5. The predicted octanol–water partition coefficient (Wildman–Crippen LogP) is 8.53. The first-order valence-corrected chi connectivity index (χ1v) is 11.7. The highest BCUT2D eigenvalue weighted by Gasteiger charge is 2.10. The van der Waals surface area contributed by atoms with E-state index in [1.807, 2.05) is 18.2 Å². The lowest BCUT2D eigenvalue weighted by molar-refractivity contribution is 0.302. The summed E-state index contributed by atoms with van der Waals surface area (Å²) in [5.41, 5.74) is 5.46. The van der Waals surface area contributed by atoms with E-state index in [0.29, 0.717) is 39.0 Å². The fourth-order valence-electron chi connectivity index (χ4n) is 2.53. The van der Waals surface area contributed by atoms with Gasteiger partial charge in [0.1, 0.15) is 12.4 Å². The maximum atomic E-state index is 6.21. The van der Waals surface area contributed by atoms with Crippen LogP contribution in [-0.2, 0) is 13.2 Å². The molecule has 1 N–H and O–H groups in total. The van der Waals surface area contributed by atoms with Gasteiger partial charge < -0.3 is 10.2 Å². The van der Waals surface area contributed by atoms with E-state index in [4.69, 9.17) is 51.1 Å². The zero-order valence-corrected chi connectivity index (χ0v) is 21.4. The Kier molecular flexibility index (Phi) is 8.75. The van der Waals surface area contributed by atoms with Gasteiger partial charge in [-0.25, -0.2) is 0 Å². The highest BCUT2D eigenvalue weighted by Crippen LogP contribution is 2.35. The first kappa shape index (κ1) is 23.7. The van der Waals surface area contributed by atoms with E-state index >= 15 is 0 Å². The van der Waals surface area contributed by atoms with Crippen molar-refractivity contribution in [1.82, 2.24) is 5.43 Å². The van der Waals surface area contributed by atoms with Crippen LogP contribution in [0, 0.1) is 0 Å². The molecule has 0 fully saturated rings. The van der Waals surface area contributed by atoms with Crippen molar-refractivity contribution < 1.29 is 4.74 Å². The van der Waals surface area contributed by atoms with Gasteiger partial charge in [-0.05, 0) is 73.8 Å². The van der Waals surface area contributed by atoms with Crippen molar-refractivity contribution in [2.24, 2.45) is 5.10 Å². The van der Waals surface area contributed by atoms with Crippen LogP contribution in [0.3, 0.4) is 0 Å². The van der Waals surface area contributed by atoms with Gasteiger partial charge in [0.25, 0.3) is 0 Å². The molecule has 156 valence electrons. The molecule has 0 heterocycles. The molecule has 0 aromatic heterocycles. The van der Waals surface area contributed by atoms with Crippen molar-refractivity contribution in [2.45, 2.75) is 13.2 Å². The predicted molar refractivity (Wildman–Crippen MR) is 134 cm³/mol. The van der Waals surface area contributed by atoms with Crippen molar-refractivity contribution >= 4 is 84.5 Å². The maximum absolute atomic E-state index is 6.21. The third-order valence-corrected chi connectivity index (χ3v) is 6.50.